The van der Waals surface area contributed by atoms with Crippen molar-refractivity contribution in [3.63, 3.8) is 0 Å². The van der Waals surface area contributed by atoms with Crippen molar-refractivity contribution in [2.24, 2.45) is 0 Å². The zero-order chi connectivity index (χ0) is 24.6. The van der Waals surface area contributed by atoms with Crippen molar-refractivity contribution in [2.45, 2.75) is 26.0 Å². The van der Waals surface area contributed by atoms with E-state index in [4.69, 9.17) is 9.15 Å². The van der Waals surface area contributed by atoms with E-state index in [0.717, 1.165) is 11.3 Å². The van der Waals surface area contributed by atoms with Crippen LogP contribution in [0.5, 0.6) is 0 Å². The first-order valence-corrected chi connectivity index (χ1v) is 11.7. The molecule has 2 aromatic carbocycles. The van der Waals surface area contributed by atoms with E-state index in [1.807, 2.05) is 37.3 Å². The Kier molecular flexibility index (Phi) is 7.69. The molecule has 4 aromatic rings. The maximum atomic E-state index is 12.9. The van der Waals surface area contributed by atoms with E-state index >= 15 is 0 Å². The number of para-hydroxylation sites is 1. The van der Waals surface area contributed by atoms with Crippen LogP contribution in [0.25, 0.3) is 0 Å². The Morgan fingerprint density at radius 2 is 1.80 bits per heavy atom. The molecule has 4 rings (SSSR count). The number of aryl methyl sites for hydroxylation is 1. The monoisotopic (exact) mass is 489 g/mol. The van der Waals surface area contributed by atoms with Crippen LogP contribution in [0.2, 0.25) is 0 Å². The number of esters is 1. The first-order chi connectivity index (χ1) is 17.0. The highest BCUT2D eigenvalue weighted by Gasteiger charge is 2.26. The second-order valence-electron chi connectivity index (χ2n) is 7.67. The molecule has 178 valence electrons. The van der Waals surface area contributed by atoms with Gasteiger partial charge in [0, 0.05) is 11.1 Å². The van der Waals surface area contributed by atoms with E-state index < -0.39 is 17.9 Å². The van der Waals surface area contributed by atoms with Gasteiger partial charge >= 0.3 is 5.97 Å². The maximum absolute atomic E-state index is 12.9. The summed E-state index contributed by atoms with van der Waals surface area (Å²) in [5, 5.41) is 7.87. The number of furan rings is 1. The Bertz CT molecular complexity index is 1300. The Labute approximate surface area is 206 Å². The highest BCUT2D eigenvalue weighted by molar-refractivity contribution is 7.09. The summed E-state index contributed by atoms with van der Waals surface area (Å²) in [6.07, 6.45) is 1.49. The van der Waals surface area contributed by atoms with Gasteiger partial charge < -0.3 is 19.8 Å². The summed E-state index contributed by atoms with van der Waals surface area (Å²) in [5.74, 6) is -1.26. The second-order valence-corrected chi connectivity index (χ2v) is 8.62. The van der Waals surface area contributed by atoms with Gasteiger partial charge in [-0.05, 0) is 36.2 Å². The number of carbonyl (C=O) groups is 3. The highest BCUT2D eigenvalue weighted by atomic mass is 32.1. The maximum Gasteiger partial charge on any atom is 0.333 e. The van der Waals surface area contributed by atoms with Gasteiger partial charge in [-0.15, -0.1) is 11.3 Å². The molecule has 2 aromatic heterocycles. The molecular weight excluding hydrogens is 466 g/mol. The summed E-state index contributed by atoms with van der Waals surface area (Å²) >= 11 is 1.31. The van der Waals surface area contributed by atoms with Crippen LogP contribution in [0.4, 0.5) is 5.69 Å². The average Bonchev–Trinajstić information content (AvgIpc) is 3.55. The van der Waals surface area contributed by atoms with E-state index in [1.54, 1.807) is 35.7 Å². The molecule has 0 saturated carbocycles. The molecule has 0 aliphatic carbocycles. The van der Waals surface area contributed by atoms with Gasteiger partial charge in [-0.1, -0.05) is 48.5 Å². The van der Waals surface area contributed by atoms with Crippen molar-refractivity contribution < 1.29 is 23.5 Å². The molecule has 0 radical (unpaired) electrons. The Hall–Kier alpha value is -4.24. The van der Waals surface area contributed by atoms with E-state index in [1.165, 1.54) is 23.7 Å². The molecule has 0 bridgehead atoms. The number of carbonyl (C=O) groups excluding carboxylic acids is 3. The zero-order valence-corrected chi connectivity index (χ0v) is 19.7. The minimum Gasteiger partial charge on any atom is -0.459 e. The van der Waals surface area contributed by atoms with E-state index in [2.05, 4.69) is 15.6 Å². The molecule has 1 unspecified atom stereocenters. The number of rotatable bonds is 9. The largest absolute Gasteiger partial charge is 0.459 e. The van der Waals surface area contributed by atoms with Gasteiger partial charge in [-0.25, -0.2) is 9.78 Å². The van der Waals surface area contributed by atoms with Crippen LogP contribution in [0.15, 0.2) is 82.8 Å². The third kappa shape index (κ3) is 6.42. The number of benzene rings is 2. The van der Waals surface area contributed by atoms with Gasteiger partial charge in [0.2, 0.25) is 5.91 Å². The third-order valence-corrected chi connectivity index (χ3v) is 5.98. The molecule has 0 fully saturated rings. The van der Waals surface area contributed by atoms with Crippen molar-refractivity contribution in [3.8, 4) is 0 Å². The topological polar surface area (TPSA) is 111 Å². The minimum atomic E-state index is -1.02. The summed E-state index contributed by atoms with van der Waals surface area (Å²) in [4.78, 5) is 42.1. The first kappa shape index (κ1) is 23.9. The molecule has 0 saturated heterocycles. The van der Waals surface area contributed by atoms with Crippen molar-refractivity contribution in [1.29, 1.82) is 0 Å². The van der Waals surface area contributed by atoms with Crippen LogP contribution in [0.1, 0.15) is 38.4 Å². The van der Waals surface area contributed by atoms with Crippen LogP contribution in [0, 0.1) is 6.92 Å². The lowest BCUT2D eigenvalue weighted by Crippen LogP contribution is -2.34. The molecule has 0 aliphatic rings. The number of ether oxygens (including phenoxy) is 1. The SMILES string of the molecule is Cc1ccccc1NC(=O)Cc1nc(COC(=O)C(NC(=O)c2ccco2)c2ccccc2)cs1. The molecule has 1 atom stereocenters. The van der Waals surface area contributed by atoms with Gasteiger partial charge in [0.1, 0.15) is 11.6 Å². The van der Waals surface area contributed by atoms with E-state index in [0.29, 0.717) is 16.3 Å². The van der Waals surface area contributed by atoms with Gasteiger partial charge in [0.25, 0.3) is 5.91 Å². The van der Waals surface area contributed by atoms with Gasteiger partial charge in [0.15, 0.2) is 11.8 Å². The van der Waals surface area contributed by atoms with Crippen molar-refractivity contribution in [2.75, 3.05) is 5.32 Å². The fourth-order valence-corrected chi connectivity index (χ4v) is 4.08. The number of hydrogen-bond donors (Lipinski definition) is 2. The van der Waals surface area contributed by atoms with Crippen LogP contribution < -0.4 is 10.6 Å². The average molecular weight is 490 g/mol. The predicted octanol–water partition coefficient (Wildman–Crippen LogP) is 4.44. The number of aromatic nitrogens is 1. The lowest BCUT2D eigenvalue weighted by Gasteiger charge is -2.17. The van der Waals surface area contributed by atoms with Gasteiger partial charge in [-0.2, -0.15) is 0 Å². The van der Waals surface area contributed by atoms with Crippen LogP contribution in [-0.4, -0.2) is 22.8 Å². The minimum absolute atomic E-state index is 0.0886. The van der Waals surface area contributed by atoms with Crippen molar-refractivity contribution in [1.82, 2.24) is 10.3 Å². The normalized spacial score (nSPS) is 11.5. The fraction of sp³-hybridized carbons (Fsp3) is 0.154. The lowest BCUT2D eigenvalue weighted by atomic mass is 10.1. The summed E-state index contributed by atoms with van der Waals surface area (Å²) < 4.78 is 10.6. The highest BCUT2D eigenvalue weighted by Crippen LogP contribution is 2.19. The fourth-order valence-electron chi connectivity index (χ4n) is 3.30. The lowest BCUT2D eigenvalue weighted by molar-refractivity contribution is -0.147. The van der Waals surface area contributed by atoms with E-state index in [9.17, 15) is 14.4 Å². The number of amides is 2. The number of hydrogen-bond acceptors (Lipinski definition) is 7. The van der Waals surface area contributed by atoms with Crippen molar-refractivity contribution in [3.05, 3.63) is 106 Å². The van der Waals surface area contributed by atoms with Crippen molar-refractivity contribution >= 4 is 34.8 Å². The standard InChI is InChI=1S/C26H23N3O5S/c1-17-8-5-6-11-20(17)28-22(30)14-23-27-19(16-35-23)15-34-26(32)24(18-9-3-2-4-10-18)29-25(31)21-12-7-13-33-21/h2-13,16,24H,14-15H2,1H3,(H,28,30)(H,29,31). The molecule has 8 nitrogen and oxygen atoms in total. The van der Waals surface area contributed by atoms with Gasteiger partial charge in [-0.3, -0.25) is 9.59 Å². The van der Waals surface area contributed by atoms with E-state index in [-0.39, 0.29) is 24.7 Å². The Balaban J connectivity index is 1.36. The molecule has 0 aliphatic heterocycles. The molecule has 0 spiro atoms. The summed E-state index contributed by atoms with van der Waals surface area (Å²) in [7, 11) is 0. The molecule has 2 N–H and O–H groups in total. The molecule has 2 heterocycles. The van der Waals surface area contributed by atoms with Crippen LogP contribution >= 0.6 is 11.3 Å². The zero-order valence-electron chi connectivity index (χ0n) is 18.9. The molecule has 2 amide bonds. The number of thiazole rings is 1. The Morgan fingerprint density at radius 1 is 1.03 bits per heavy atom. The Morgan fingerprint density at radius 3 is 2.54 bits per heavy atom. The number of nitrogens with one attached hydrogen (secondary N) is 2. The van der Waals surface area contributed by atoms with Gasteiger partial charge in [0.05, 0.1) is 18.4 Å². The molecular formula is C26H23N3O5S. The predicted molar refractivity (Wildman–Crippen MR) is 131 cm³/mol. The van der Waals surface area contributed by atoms with Crippen LogP contribution in [-0.2, 0) is 27.4 Å². The first-order valence-electron chi connectivity index (χ1n) is 10.8. The molecule has 9 heteroatoms. The number of anilines is 1. The third-order valence-electron chi connectivity index (χ3n) is 5.08. The number of nitrogens with zero attached hydrogens (tertiary/aromatic N) is 1. The summed E-state index contributed by atoms with van der Waals surface area (Å²) in [6.45, 7) is 1.83. The molecule has 35 heavy (non-hydrogen) atoms. The summed E-state index contributed by atoms with van der Waals surface area (Å²) in [6, 6.07) is 18.4. The summed E-state index contributed by atoms with van der Waals surface area (Å²) in [5.41, 5.74) is 2.82. The second kappa shape index (κ2) is 11.3. The smallest absolute Gasteiger partial charge is 0.333 e. The van der Waals surface area contributed by atoms with Crippen LogP contribution in [0.3, 0.4) is 0 Å². The quantitative estimate of drug-likeness (QED) is 0.336.